The summed E-state index contributed by atoms with van der Waals surface area (Å²) in [6, 6.07) is 5.97. The third-order valence-electron chi connectivity index (χ3n) is 3.67. The zero-order valence-corrected chi connectivity index (χ0v) is 15.3. The van der Waals surface area contributed by atoms with Crippen molar-refractivity contribution in [1.29, 1.82) is 0 Å². The van der Waals surface area contributed by atoms with Crippen LogP contribution in [0.15, 0.2) is 47.3 Å². The number of sulfonamides is 1. The highest BCUT2D eigenvalue weighted by atomic mass is 35.5. The molecule has 0 atom stereocenters. The van der Waals surface area contributed by atoms with Crippen molar-refractivity contribution in [2.24, 2.45) is 0 Å². The molecule has 26 heavy (non-hydrogen) atoms. The lowest BCUT2D eigenvalue weighted by Gasteiger charge is -2.31. The largest absolute Gasteiger partial charge is 0.505 e. The Morgan fingerprint density at radius 2 is 2.04 bits per heavy atom. The van der Waals surface area contributed by atoms with Crippen molar-refractivity contribution in [3.63, 3.8) is 0 Å². The van der Waals surface area contributed by atoms with E-state index in [1.54, 1.807) is 19.1 Å². The monoisotopic (exact) mass is 394 g/mol. The summed E-state index contributed by atoms with van der Waals surface area (Å²) < 4.78 is 26.7. The van der Waals surface area contributed by atoms with E-state index in [0.717, 1.165) is 4.31 Å². The van der Waals surface area contributed by atoms with E-state index in [1.807, 2.05) is 0 Å². The standard InChI is InChI=1S/C16H15ClN4O4S/c1-2-7-21-14(16(23)20-13-9-18-8-12(17)19-13)15(22)10-5-3-4-6-11(10)26(21,24)25/h3-6,8-9,22H,2,7H2,1H3,(H,19,20,23). The van der Waals surface area contributed by atoms with E-state index in [4.69, 9.17) is 11.6 Å². The number of hydrogen-bond donors (Lipinski definition) is 2. The highest BCUT2D eigenvalue weighted by Gasteiger charge is 2.39. The van der Waals surface area contributed by atoms with Crippen molar-refractivity contribution >= 4 is 39.1 Å². The Morgan fingerprint density at radius 3 is 2.73 bits per heavy atom. The maximum atomic E-state index is 12.9. The molecule has 136 valence electrons. The average molecular weight is 395 g/mol. The van der Waals surface area contributed by atoms with E-state index in [1.165, 1.54) is 24.5 Å². The molecule has 2 aromatic rings. The van der Waals surface area contributed by atoms with Gasteiger partial charge in [-0.25, -0.2) is 13.4 Å². The number of hydrogen-bond acceptors (Lipinski definition) is 6. The highest BCUT2D eigenvalue weighted by Crippen LogP contribution is 2.35. The third kappa shape index (κ3) is 3.11. The van der Waals surface area contributed by atoms with Gasteiger partial charge in [0.15, 0.2) is 17.3 Å². The van der Waals surface area contributed by atoms with Gasteiger partial charge in [0.2, 0.25) is 0 Å². The van der Waals surface area contributed by atoms with Gasteiger partial charge in [-0.15, -0.1) is 0 Å². The van der Waals surface area contributed by atoms with E-state index in [2.05, 4.69) is 15.3 Å². The van der Waals surface area contributed by atoms with Gasteiger partial charge in [-0.2, -0.15) is 0 Å². The number of anilines is 1. The predicted octanol–water partition coefficient (Wildman–Crippen LogP) is 2.41. The topological polar surface area (TPSA) is 112 Å². The number of aliphatic hydroxyl groups is 1. The molecule has 8 nitrogen and oxygen atoms in total. The van der Waals surface area contributed by atoms with Gasteiger partial charge in [-0.3, -0.25) is 14.1 Å². The van der Waals surface area contributed by atoms with Crippen LogP contribution >= 0.6 is 11.6 Å². The molecular weight excluding hydrogens is 380 g/mol. The summed E-state index contributed by atoms with van der Waals surface area (Å²) in [6.45, 7) is 1.80. The summed E-state index contributed by atoms with van der Waals surface area (Å²) in [7, 11) is -3.98. The maximum absolute atomic E-state index is 12.9. The number of nitrogens with one attached hydrogen (secondary N) is 1. The Balaban J connectivity index is 2.11. The van der Waals surface area contributed by atoms with E-state index in [9.17, 15) is 18.3 Å². The fraction of sp³-hybridized carbons (Fsp3) is 0.188. The zero-order valence-electron chi connectivity index (χ0n) is 13.7. The number of carbonyl (C=O) groups is 1. The number of halogens is 1. The van der Waals surface area contributed by atoms with Gasteiger partial charge in [-0.1, -0.05) is 30.7 Å². The molecule has 1 aromatic heterocycles. The second-order valence-corrected chi connectivity index (χ2v) is 7.67. The fourth-order valence-electron chi connectivity index (χ4n) is 2.61. The molecule has 2 N–H and O–H groups in total. The fourth-order valence-corrected chi connectivity index (χ4v) is 4.52. The van der Waals surface area contributed by atoms with Crippen LogP contribution in [0.1, 0.15) is 18.9 Å². The molecule has 1 aliphatic heterocycles. The lowest BCUT2D eigenvalue weighted by Crippen LogP contribution is -2.40. The van der Waals surface area contributed by atoms with Crippen LogP contribution < -0.4 is 5.32 Å². The minimum Gasteiger partial charge on any atom is -0.505 e. The Hall–Kier alpha value is -2.65. The Morgan fingerprint density at radius 1 is 1.31 bits per heavy atom. The molecule has 1 aliphatic rings. The number of aromatic nitrogens is 2. The maximum Gasteiger partial charge on any atom is 0.278 e. The van der Waals surface area contributed by atoms with E-state index in [-0.39, 0.29) is 33.7 Å². The minimum absolute atomic E-state index is 0.0324. The van der Waals surface area contributed by atoms with Crippen LogP contribution in [0.5, 0.6) is 0 Å². The number of aliphatic hydroxyl groups excluding tert-OH is 1. The minimum atomic E-state index is -3.98. The molecular formula is C16H15ClN4O4S. The SMILES string of the molecule is CCCN1C(C(=O)Nc2cncc(Cl)n2)=C(O)c2ccccc2S1(=O)=O. The zero-order chi connectivity index (χ0) is 18.9. The van der Waals surface area contributed by atoms with Crippen LogP contribution in [0.3, 0.4) is 0 Å². The molecule has 1 amide bonds. The van der Waals surface area contributed by atoms with E-state index in [0.29, 0.717) is 6.42 Å². The van der Waals surface area contributed by atoms with Crippen LogP contribution in [-0.2, 0) is 14.8 Å². The van der Waals surface area contributed by atoms with Gasteiger partial charge in [0.05, 0.1) is 17.3 Å². The van der Waals surface area contributed by atoms with Crippen molar-refractivity contribution in [2.45, 2.75) is 18.2 Å². The van der Waals surface area contributed by atoms with Crippen molar-refractivity contribution in [1.82, 2.24) is 14.3 Å². The van der Waals surface area contributed by atoms with Gasteiger partial charge < -0.3 is 10.4 Å². The van der Waals surface area contributed by atoms with Crippen molar-refractivity contribution in [3.05, 3.63) is 53.1 Å². The van der Waals surface area contributed by atoms with Gasteiger partial charge in [0.25, 0.3) is 15.9 Å². The van der Waals surface area contributed by atoms with Crippen LogP contribution in [0, 0.1) is 0 Å². The Labute approximate surface area is 155 Å². The first-order valence-corrected chi connectivity index (χ1v) is 9.52. The number of amides is 1. The Bertz CT molecular complexity index is 1010. The molecule has 0 spiro atoms. The number of carbonyl (C=O) groups excluding carboxylic acids is 1. The first-order chi connectivity index (χ1) is 12.4. The summed E-state index contributed by atoms with van der Waals surface area (Å²) in [5.74, 6) is -1.21. The molecule has 0 aliphatic carbocycles. The lowest BCUT2D eigenvalue weighted by molar-refractivity contribution is -0.113. The quantitative estimate of drug-likeness (QED) is 0.823. The molecule has 0 bridgehead atoms. The second kappa shape index (κ2) is 6.93. The molecule has 0 saturated heterocycles. The molecule has 3 rings (SSSR count). The van der Waals surface area contributed by atoms with Crippen molar-refractivity contribution in [2.75, 3.05) is 11.9 Å². The molecule has 0 saturated carbocycles. The second-order valence-electron chi connectivity index (χ2n) is 5.45. The van der Waals surface area contributed by atoms with Gasteiger partial charge in [0.1, 0.15) is 5.15 Å². The van der Waals surface area contributed by atoms with Crippen LogP contribution in [0.4, 0.5) is 5.82 Å². The smallest absolute Gasteiger partial charge is 0.278 e. The van der Waals surface area contributed by atoms with Crippen molar-refractivity contribution < 1.29 is 18.3 Å². The first kappa shape index (κ1) is 18.2. The summed E-state index contributed by atoms with van der Waals surface area (Å²) >= 11 is 5.74. The van der Waals surface area contributed by atoms with Gasteiger partial charge >= 0.3 is 0 Å². The lowest BCUT2D eigenvalue weighted by atomic mass is 10.1. The third-order valence-corrected chi connectivity index (χ3v) is 5.71. The summed E-state index contributed by atoms with van der Waals surface area (Å²) in [5.41, 5.74) is -0.297. The summed E-state index contributed by atoms with van der Waals surface area (Å²) in [6.07, 6.45) is 3.00. The van der Waals surface area contributed by atoms with Gasteiger partial charge in [0, 0.05) is 12.1 Å². The first-order valence-electron chi connectivity index (χ1n) is 7.70. The predicted molar refractivity (Wildman–Crippen MR) is 95.8 cm³/mol. The van der Waals surface area contributed by atoms with E-state index < -0.39 is 21.7 Å². The Kier molecular flexibility index (Phi) is 4.84. The number of nitrogens with zero attached hydrogens (tertiary/aromatic N) is 3. The molecule has 2 heterocycles. The highest BCUT2D eigenvalue weighted by molar-refractivity contribution is 7.89. The summed E-state index contributed by atoms with van der Waals surface area (Å²) in [5, 5.41) is 13.1. The molecule has 0 unspecified atom stereocenters. The number of benzene rings is 1. The van der Waals surface area contributed by atoms with Crippen LogP contribution in [0.2, 0.25) is 5.15 Å². The van der Waals surface area contributed by atoms with E-state index >= 15 is 0 Å². The van der Waals surface area contributed by atoms with Crippen LogP contribution in [-0.4, -0.2) is 40.2 Å². The summed E-state index contributed by atoms with van der Waals surface area (Å²) in [4.78, 5) is 20.4. The van der Waals surface area contributed by atoms with Crippen molar-refractivity contribution in [3.8, 4) is 0 Å². The molecule has 1 aromatic carbocycles. The average Bonchev–Trinajstić information content (AvgIpc) is 2.60. The number of fused-ring (bicyclic) bond motifs is 1. The molecule has 0 fully saturated rings. The van der Waals surface area contributed by atoms with Gasteiger partial charge in [-0.05, 0) is 18.6 Å². The number of rotatable bonds is 4. The normalized spacial score (nSPS) is 15.5. The molecule has 0 radical (unpaired) electrons. The molecule has 10 heteroatoms. The van der Waals surface area contributed by atoms with Crippen LogP contribution in [0.25, 0.3) is 5.76 Å².